The highest BCUT2D eigenvalue weighted by atomic mass is 32.2. The zero-order chi connectivity index (χ0) is 19.8. The summed E-state index contributed by atoms with van der Waals surface area (Å²) in [4.78, 5) is 31.9. The number of fused-ring (bicyclic) bond motifs is 1. The molecular weight excluding hydrogens is 380 g/mol. The first kappa shape index (κ1) is 18.1. The summed E-state index contributed by atoms with van der Waals surface area (Å²) in [6.45, 7) is 3.83. The van der Waals surface area contributed by atoms with E-state index >= 15 is 0 Å². The van der Waals surface area contributed by atoms with Crippen molar-refractivity contribution < 1.29 is 18.7 Å². The third-order valence-corrected chi connectivity index (χ3v) is 4.67. The van der Waals surface area contributed by atoms with E-state index in [0.717, 1.165) is 17.3 Å². The molecule has 0 radical (unpaired) electrons. The number of oxazole rings is 1. The second kappa shape index (κ2) is 7.01. The molecule has 1 aliphatic rings. The van der Waals surface area contributed by atoms with E-state index in [-0.39, 0.29) is 17.4 Å². The minimum Gasteiger partial charge on any atom is -0.487 e. The number of nitrogens with two attached hydrogens (primary N) is 1. The minimum absolute atomic E-state index is 0.0514. The highest BCUT2D eigenvalue weighted by molar-refractivity contribution is 8.18. The highest BCUT2D eigenvalue weighted by Crippen LogP contribution is 2.34. The molecule has 4 rings (SSSR count). The summed E-state index contributed by atoms with van der Waals surface area (Å²) in [5.74, 6) is 0.140. The average Bonchev–Trinajstić information content (AvgIpc) is 3.16. The lowest BCUT2D eigenvalue weighted by atomic mass is 10.1. The molecule has 1 aromatic carbocycles. The summed E-state index contributed by atoms with van der Waals surface area (Å²) in [6.07, 6.45) is 3.20. The summed E-state index contributed by atoms with van der Waals surface area (Å²) in [5, 5.41) is 1.85. The summed E-state index contributed by atoms with van der Waals surface area (Å²) < 4.78 is 11.3. The Bertz CT molecular complexity index is 1120. The molecule has 0 saturated carbocycles. The predicted octanol–water partition coefficient (Wildman–Crippen LogP) is 3.58. The molecule has 8 nitrogen and oxygen atoms in total. The van der Waals surface area contributed by atoms with Crippen molar-refractivity contribution in [2.24, 2.45) is 0 Å². The van der Waals surface area contributed by atoms with Crippen LogP contribution in [0, 0.1) is 0 Å². The third kappa shape index (κ3) is 3.56. The number of thioether (sulfide) groups is 1. The molecule has 9 heteroatoms. The molecule has 28 heavy (non-hydrogen) atoms. The van der Waals surface area contributed by atoms with Gasteiger partial charge in [-0.3, -0.25) is 19.9 Å². The van der Waals surface area contributed by atoms with Gasteiger partial charge in [0, 0.05) is 11.8 Å². The fourth-order valence-corrected chi connectivity index (χ4v) is 3.42. The second-order valence-electron chi connectivity index (χ2n) is 6.37. The predicted molar refractivity (Wildman–Crippen MR) is 107 cm³/mol. The van der Waals surface area contributed by atoms with Crippen LogP contribution in [0.15, 0.2) is 39.8 Å². The molecule has 0 atom stereocenters. The van der Waals surface area contributed by atoms with Crippen molar-refractivity contribution in [1.29, 1.82) is 0 Å². The fraction of sp³-hybridized carbons (Fsp3) is 0.158. The number of hydrogen-bond acceptors (Lipinski definition) is 8. The van der Waals surface area contributed by atoms with Gasteiger partial charge in [0.05, 0.1) is 16.7 Å². The van der Waals surface area contributed by atoms with Crippen LogP contribution in [0.1, 0.15) is 19.4 Å². The molecule has 0 spiro atoms. The summed E-state index contributed by atoms with van der Waals surface area (Å²) in [6, 6.07) is 7.34. The smallest absolute Gasteiger partial charge is 0.293 e. The number of ether oxygens (including phenoxy) is 1. The Balaban J connectivity index is 1.69. The first-order chi connectivity index (χ1) is 13.4. The molecular formula is C19H16N4O4S. The van der Waals surface area contributed by atoms with Crippen molar-refractivity contribution in [1.82, 2.24) is 15.3 Å². The first-order valence-corrected chi connectivity index (χ1v) is 9.28. The molecule has 3 N–H and O–H groups in total. The van der Waals surface area contributed by atoms with Crippen LogP contribution < -0.4 is 15.8 Å². The molecule has 3 heterocycles. The fourth-order valence-electron chi connectivity index (χ4n) is 2.74. The molecule has 0 bridgehead atoms. The van der Waals surface area contributed by atoms with Gasteiger partial charge in [-0.1, -0.05) is 6.07 Å². The molecule has 1 saturated heterocycles. The normalized spacial score (nSPS) is 15.6. The van der Waals surface area contributed by atoms with Crippen molar-refractivity contribution in [3.8, 4) is 17.0 Å². The van der Waals surface area contributed by atoms with E-state index in [9.17, 15) is 9.59 Å². The van der Waals surface area contributed by atoms with Crippen molar-refractivity contribution in [2.75, 3.05) is 5.73 Å². The van der Waals surface area contributed by atoms with Gasteiger partial charge in [0.1, 0.15) is 5.52 Å². The SMILES string of the molecule is CC(C)Oc1cc(-c2ccc(/C=C3\SC(=O)NC3=O)cn2)cc2nc(N)oc12. The number of imide groups is 1. The largest absolute Gasteiger partial charge is 0.487 e. The molecule has 0 aliphatic carbocycles. The second-order valence-corrected chi connectivity index (χ2v) is 7.39. The number of pyridine rings is 1. The maximum atomic E-state index is 11.6. The number of hydrogen-bond donors (Lipinski definition) is 2. The van der Waals surface area contributed by atoms with Gasteiger partial charge in [-0.2, -0.15) is 4.98 Å². The lowest BCUT2D eigenvalue weighted by Crippen LogP contribution is -2.17. The van der Waals surface area contributed by atoms with Crippen LogP contribution in [0.5, 0.6) is 5.75 Å². The Hall–Kier alpha value is -3.33. The molecule has 0 unspecified atom stereocenters. The van der Waals surface area contributed by atoms with Gasteiger partial charge in [0.2, 0.25) is 0 Å². The van der Waals surface area contributed by atoms with Crippen molar-refractivity contribution in [3.05, 3.63) is 40.9 Å². The van der Waals surface area contributed by atoms with E-state index in [1.54, 1.807) is 12.3 Å². The van der Waals surface area contributed by atoms with Crippen LogP contribution in [-0.2, 0) is 4.79 Å². The number of carbonyl (C=O) groups is 2. The number of nitrogens with zero attached hydrogens (tertiary/aromatic N) is 2. The maximum absolute atomic E-state index is 11.6. The Morgan fingerprint density at radius 2 is 2.11 bits per heavy atom. The van der Waals surface area contributed by atoms with Crippen LogP contribution >= 0.6 is 11.8 Å². The molecule has 2 aromatic heterocycles. The quantitative estimate of drug-likeness (QED) is 0.642. The monoisotopic (exact) mass is 396 g/mol. The van der Waals surface area contributed by atoms with E-state index in [0.29, 0.717) is 33.0 Å². The van der Waals surface area contributed by atoms with Crippen LogP contribution in [0.2, 0.25) is 0 Å². The third-order valence-electron chi connectivity index (χ3n) is 3.86. The summed E-state index contributed by atoms with van der Waals surface area (Å²) >= 11 is 0.867. The van der Waals surface area contributed by atoms with Gasteiger partial charge < -0.3 is 14.9 Å². The Labute approximate surface area is 164 Å². The molecule has 142 valence electrons. The number of amides is 2. The molecule has 2 amide bonds. The van der Waals surface area contributed by atoms with Crippen LogP contribution in [0.3, 0.4) is 0 Å². The number of nitrogens with one attached hydrogen (secondary N) is 1. The van der Waals surface area contributed by atoms with E-state index in [1.165, 1.54) is 0 Å². The number of nitrogen functional groups attached to an aromatic ring is 1. The zero-order valence-electron chi connectivity index (χ0n) is 15.1. The van der Waals surface area contributed by atoms with Gasteiger partial charge in [0.25, 0.3) is 17.2 Å². The number of aromatic nitrogens is 2. The molecule has 3 aromatic rings. The van der Waals surface area contributed by atoms with Crippen LogP contribution in [0.4, 0.5) is 10.8 Å². The van der Waals surface area contributed by atoms with Crippen molar-refractivity contribution in [3.63, 3.8) is 0 Å². The van der Waals surface area contributed by atoms with Crippen LogP contribution in [0.25, 0.3) is 28.4 Å². The minimum atomic E-state index is -0.399. The number of rotatable bonds is 4. The molecule has 1 fully saturated rings. The topological polar surface area (TPSA) is 120 Å². The van der Waals surface area contributed by atoms with Crippen molar-refractivity contribution in [2.45, 2.75) is 20.0 Å². The van der Waals surface area contributed by atoms with Crippen molar-refractivity contribution >= 4 is 46.1 Å². The number of carbonyl (C=O) groups excluding carboxylic acids is 2. The van der Waals surface area contributed by atoms with Gasteiger partial charge >= 0.3 is 0 Å². The Morgan fingerprint density at radius 1 is 1.29 bits per heavy atom. The average molecular weight is 396 g/mol. The maximum Gasteiger partial charge on any atom is 0.293 e. The Kier molecular flexibility index (Phi) is 4.52. The van der Waals surface area contributed by atoms with Gasteiger partial charge in [0.15, 0.2) is 11.3 Å². The standard InChI is InChI=1S/C19H16N4O4S/c1-9(2)26-14-7-11(6-13-16(14)27-18(20)22-13)12-4-3-10(8-21-12)5-15-17(24)23-19(25)28-15/h3-9H,1-2H3,(H2,20,22)(H,23,24,25)/b15-5-. The summed E-state index contributed by atoms with van der Waals surface area (Å²) in [5.41, 5.74) is 8.95. The first-order valence-electron chi connectivity index (χ1n) is 8.47. The van der Waals surface area contributed by atoms with E-state index in [4.69, 9.17) is 14.9 Å². The number of benzene rings is 1. The van der Waals surface area contributed by atoms with Crippen LogP contribution in [-0.4, -0.2) is 27.2 Å². The summed E-state index contributed by atoms with van der Waals surface area (Å²) in [7, 11) is 0. The Morgan fingerprint density at radius 3 is 2.75 bits per heavy atom. The van der Waals surface area contributed by atoms with Gasteiger partial charge in [-0.25, -0.2) is 0 Å². The lowest BCUT2D eigenvalue weighted by Gasteiger charge is -2.11. The van der Waals surface area contributed by atoms with Gasteiger partial charge in [-0.05, 0) is 55.4 Å². The lowest BCUT2D eigenvalue weighted by molar-refractivity contribution is -0.115. The van der Waals surface area contributed by atoms with E-state index < -0.39 is 5.91 Å². The highest BCUT2D eigenvalue weighted by Gasteiger charge is 2.25. The van der Waals surface area contributed by atoms with Gasteiger partial charge in [-0.15, -0.1) is 0 Å². The zero-order valence-corrected chi connectivity index (χ0v) is 15.9. The van der Waals surface area contributed by atoms with E-state index in [2.05, 4.69) is 15.3 Å². The van der Waals surface area contributed by atoms with E-state index in [1.807, 2.05) is 38.1 Å². The number of anilines is 1. The molecule has 1 aliphatic heterocycles.